The Morgan fingerprint density at radius 2 is 1.06 bits per heavy atom. The first-order valence-electron chi connectivity index (χ1n) is 10.5. The van der Waals surface area contributed by atoms with Gasteiger partial charge in [0.25, 0.3) is 0 Å². The number of carbonyl (C=O) groups is 2. The fraction of sp³-hybridized carbons (Fsp3) is 0.440. The van der Waals surface area contributed by atoms with Crippen molar-refractivity contribution in [3.8, 4) is 0 Å². The zero-order valence-electron chi connectivity index (χ0n) is 19.5. The van der Waals surface area contributed by atoms with Crippen molar-refractivity contribution in [3.63, 3.8) is 0 Å². The predicted molar refractivity (Wildman–Crippen MR) is 137 cm³/mol. The molecule has 31 heavy (non-hydrogen) atoms. The number of hydrogen-bond acceptors (Lipinski definition) is 2. The third-order valence-corrected chi connectivity index (χ3v) is 6.78. The molecule has 0 aliphatic carbocycles. The molecule has 2 N–H and O–H groups in total. The molecule has 0 heterocycles. The van der Waals surface area contributed by atoms with Crippen molar-refractivity contribution < 1.29 is 9.59 Å². The SMILES string of the molecule is CC(=O)Nc1c(Br)cc(C(C)(C)c2cc(Br)c(NC(C)=O)c(C(C)C)c2)cc1C(C)C. The topological polar surface area (TPSA) is 58.2 Å². The molecule has 168 valence electrons. The van der Waals surface area contributed by atoms with Crippen LogP contribution >= 0.6 is 31.9 Å². The van der Waals surface area contributed by atoms with Gasteiger partial charge in [-0.25, -0.2) is 0 Å². The summed E-state index contributed by atoms with van der Waals surface area (Å²) < 4.78 is 1.74. The number of rotatable bonds is 6. The molecule has 6 heteroatoms. The number of benzene rings is 2. The average Bonchev–Trinajstić information content (AvgIpc) is 2.63. The highest BCUT2D eigenvalue weighted by Crippen LogP contribution is 2.43. The van der Waals surface area contributed by atoms with Gasteiger partial charge in [0.15, 0.2) is 0 Å². The lowest BCUT2D eigenvalue weighted by atomic mass is 9.76. The third-order valence-electron chi connectivity index (χ3n) is 5.53. The van der Waals surface area contributed by atoms with Crippen LogP contribution in [0.25, 0.3) is 0 Å². The van der Waals surface area contributed by atoms with Gasteiger partial charge in [0.2, 0.25) is 11.8 Å². The Kier molecular flexibility index (Phi) is 8.15. The molecule has 2 aromatic carbocycles. The van der Waals surface area contributed by atoms with Gasteiger partial charge in [0.05, 0.1) is 11.4 Å². The van der Waals surface area contributed by atoms with Crippen LogP contribution in [0.2, 0.25) is 0 Å². The average molecular weight is 552 g/mol. The number of nitrogens with one attached hydrogen (secondary N) is 2. The van der Waals surface area contributed by atoms with Crippen molar-refractivity contribution in [2.45, 2.75) is 72.6 Å². The minimum absolute atomic E-state index is 0.0892. The molecule has 0 aliphatic heterocycles. The van der Waals surface area contributed by atoms with E-state index in [0.717, 1.165) is 42.6 Å². The molecule has 0 atom stereocenters. The van der Waals surface area contributed by atoms with Gasteiger partial charge in [-0.2, -0.15) is 0 Å². The number of amides is 2. The van der Waals surface area contributed by atoms with Crippen molar-refractivity contribution in [2.75, 3.05) is 10.6 Å². The summed E-state index contributed by atoms with van der Waals surface area (Å²) in [7, 11) is 0. The minimum Gasteiger partial charge on any atom is -0.325 e. The first-order chi connectivity index (χ1) is 14.2. The van der Waals surface area contributed by atoms with E-state index in [1.165, 1.54) is 13.8 Å². The number of carbonyl (C=O) groups excluding carboxylic acids is 2. The predicted octanol–water partition coefficient (Wildman–Crippen LogP) is 7.70. The van der Waals surface area contributed by atoms with Gasteiger partial charge in [-0.15, -0.1) is 0 Å². The second kappa shape index (κ2) is 9.86. The quantitative estimate of drug-likeness (QED) is 0.386. The van der Waals surface area contributed by atoms with Crippen LogP contribution in [-0.2, 0) is 15.0 Å². The van der Waals surface area contributed by atoms with Gasteiger partial charge in [-0.1, -0.05) is 53.7 Å². The molecule has 0 radical (unpaired) electrons. The Hall–Kier alpha value is -1.66. The first kappa shape index (κ1) is 25.6. The molecule has 0 bridgehead atoms. The van der Waals surface area contributed by atoms with Crippen LogP contribution in [0.3, 0.4) is 0 Å². The van der Waals surface area contributed by atoms with Crippen LogP contribution in [0.15, 0.2) is 33.2 Å². The highest BCUT2D eigenvalue weighted by molar-refractivity contribution is 9.11. The largest absolute Gasteiger partial charge is 0.325 e. The Morgan fingerprint density at radius 3 is 1.32 bits per heavy atom. The molecule has 0 aliphatic rings. The summed E-state index contributed by atoms with van der Waals surface area (Å²) in [5, 5.41) is 5.93. The maximum Gasteiger partial charge on any atom is 0.221 e. The summed E-state index contributed by atoms with van der Waals surface area (Å²) in [6.07, 6.45) is 0. The second-order valence-electron chi connectivity index (χ2n) is 9.14. The standard InChI is InChI=1S/C25H32Br2N2O2/c1-13(2)19-9-17(11-21(26)23(19)28-15(5)30)25(7,8)18-10-20(14(3)4)24(22(27)12-18)29-16(6)31/h9-14H,1-8H3,(H,28,30)(H,29,31). The molecule has 0 spiro atoms. The highest BCUT2D eigenvalue weighted by Gasteiger charge is 2.28. The fourth-order valence-electron chi connectivity index (χ4n) is 3.67. The molecular formula is C25H32Br2N2O2. The molecule has 0 saturated heterocycles. The van der Waals surface area contributed by atoms with Crippen LogP contribution in [0.4, 0.5) is 11.4 Å². The van der Waals surface area contributed by atoms with Gasteiger partial charge in [0.1, 0.15) is 0 Å². The van der Waals surface area contributed by atoms with E-state index < -0.39 is 0 Å². The van der Waals surface area contributed by atoms with E-state index in [0.29, 0.717) is 0 Å². The summed E-state index contributed by atoms with van der Waals surface area (Å²) in [6.45, 7) is 15.9. The zero-order valence-corrected chi connectivity index (χ0v) is 22.7. The van der Waals surface area contributed by atoms with Gasteiger partial charge < -0.3 is 10.6 Å². The third kappa shape index (κ3) is 5.78. The summed E-state index contributed by atoms with van der Waals surface area (Å²) in [5.74, 6) is 0.311. The molecule has 2 rings (SSSR count). The normalized spacial score (nSPS) is 11.7. The van der Waals surface area contributed by atoms with Gasteiger partial charge in [0, 0.05) is 28.2 Å². The molecule has 0 unspecified atom stereocenters. The van der Waals surface area contributed by atoms with E-state index >= 15 is 0 Å². The van der Waals surface area contributed by atoms with E-state index in [-0.39, 0.29) is 29.1 Å². The maximum atomic E-state index is 11.7. The van der Waals surface area contributed by atoms with E-state index in [2.05, 4.69) is 108 Å². The number of hydrogen-bond donors (Lipinski definition) is 2. The molecule has 0 aromatic heterocycles. The van der Waals surface area contributed by atoms with E-state index in [1.54, 1.807) is 0 Å². The van der Waals surface area contributed by atoms with Crippen LogP contribution < -0.4 is 10.6 Å². The van der Waals surface area contributed by atoms with E-state index in [9.17, 15) is 9.59 Å². The van der Waals surface area contributed by atoms with Crippen molar-refractivity contribution in [1.82, 2.24) is 0 Å². The van der Waals surface area contributed by atoms with Crippen LogP contribution in [0.1, 0.15) is 89.5 Å². The Morgan fingerprint density at radius 1 is 0.742 bits per heavy atom. The van der Waals surface area contributed by atoms with Crippen LogP contribution in [0, 0.1) is 0 Å². The Labute approximate surface area is 202 Å². The van der Waals surface area contributed by atoms with Crippen LogP contribution in [-0.4, -0.2) is 11.8 Å². The second-order valence-corrected chi connectivity index (χ2v) is 10.9. The number of halogens is 2. The van der Waals surface area contributed by atoms with E-state index in [4.69, 9.17) is 0 Å². The summed E-state index contributed by atoms with van der Waals surface area (Å²) in [4.78, 5) is 23.4. The molecule has 2 aromatic rings. The highest BCUT2D eigenvalue weighted by atomic mass is 79.9. The smallest absolute Gasteiger partial charge is 0.221 e. The molecule has 4 nitrogen and oxygen atoms in total. The Bertz CT molecular complexity index is 932. The lowest BCUT2D eigenvalue weighted by molar-refractivity contribution is -0.115. The monoisotopic (exact) mass is 550 g/mol. The van der Waals surface area contributed by atoms with Crippen LogP contribution in [0.5, 0.6) is 0 Å². The maximum absolute atomic E-state index is 11.7. The van der Waals surface area contributed by atoms with E-state index in [1.807, 2.05) is 0 Å². The lowest BCUT2D eigenvalue weighted by Crippen LogP contribution is -2.21. The number of anilines is 2. The van der Waals surface area contributed by atoms with Gasteiger partial charge in [-0.3, -0.25) is 9.59 Å². The summed E-state index contributed by atoms with van der Waals surface area (Å²) >= 11 is 7.36. The van der Waals surface area contributed by atoms with Crippen molar-refractivity contribution in [1.29, 1.82) is 0 Å². The zero-order chi connectivity index (χ0) is 23.7. The van der Waals surface area contributed by atoms with Crippen molar-refractivity contribution in [3.05, 3.63) is 55.5 Å². The summed E-state index contributed by atoms with van der Waals surface area (Å²) in [6, 6.07) is 8.54. The minimum atomic E-state index is -0.304. The van der Waals surface area contributed by atoms with Gasteiger partial charge in [-0.05, 0) is 78.1 Å². The molecule has 2 amide bonds. The molecule has 0 saturated carbocycles. The van der Waals surface area contributed by atoms with Crippen molar-refractivity contribution >= 4 is 55.0 Å². The molecular weight excluding hydrogens is 520 g/mol. The first-order valence-corrected chi connectivity index (χ1v) is 12.1. The summed E-state index contributed by atoms with van der Waals surface area (Å²) in [5.41, 5.74) is 5.81. The fourth-order valence-corrected chi connectivity index (χ4v) is 4.82. The Balaban J connectivity index is 2.69. The van der Waals surface area contributed by atoms with Crippen molar-refractivity contribution in [2.24, 2.45) is 0 Å². The van der Waals surface area contributed by atoms with Gasteiger partial charge >= 0.3 is 0 Å². The lowest BCUT2D eigenvalue weighted by Gasteiger charge is -2.30. The molecule has 0 fully saturated rings.